The Morgan fingerprint density at radius 1 is 1.15 bits per heavy atom. The van der Waals surface area contributed by atoms with E-state index in [0.29, 0.717) is 16.5 Å². The van der Waals surface area contributed by atoms with Crippen LogP contribution >= 0.6 is 27.5 Å². The fourth-order valence-corrected chi connectivity index (χ4v) is 2.82. The summed E-state index contributed by atoms with van der Waals surface area (Å²) in [4.78, 5) is 0. The third-order valence-corrected chi connectivity index (χ3v) is 3.69. The summed E-state index contributed by atoms with van der Waals surface area (Å²) in [6.45, 7) is 0. The number of hydrazine groups is 1. The van der Waals surface area contributed by atoms with E-state index >= 15 is 0 Å². The van der Waals surface area contributed by atoms with Crippen LogP contribution in [0, 0.1) is 11.6 Å². The maximum atomic E-state index is 13.4. The third-order valence-electron chi connectivity index (χ3n) is 2.90. The predicted octanol–water partition coefficient (Wildman–Crippen LogP) is 4.13. The van der Waals surface area contributed by atoms with Crippen molar-refractivity contribution in [3.8, 4) is 0 Å². The molecule has 0 fully saturated rings. The summed E-state index contributed by atoms with van der Waals surface area (Å²) in [7, 11) is 0. The minimum atomic E-state index is -0.414. The molecule has 20 heavy (non-hydrogen) atoms. The molecule has 0 amide bonds. The van der Waals surface area contributed by atoms with E-state index in [2.05, 4.69) is 21.4 Å². The van der Waals surface area contributed by atoms with Crippen LogP contribution in [-0.2, 0) is 6.42 Å². The highest BCUT2D eigenvalue weighted by Crippen LogP contribution is 2.27. The second-order valence-corrected chi connectivity index (χ2v) is 5.69. The summed E-state index contributed by atoms with van der Waals surface area (Å²) in [5, 5.41) is 0.281. The topological polar surface area (TPSA) is 38.0 Å². The molecule has 6 heteroatoms. The zero-order valence-electron chi connectivity index (χ0n) is 10.3. The Balaban J connectivity index is 2.28. The molecule has 0 spiro atoms. The Hall–Kier alpha value is -1.01. The van der Waals surface area contributed by atoms with E-state index in [1.54, 1.807) is 12.1 Å². The van der Waals surface area contributed by atoms with E-state index in [4.69, 9.17) is 17.4 Å². The highest BCUT2D eigenvalue weighted by molar-refractivity contribution is 9.10. The minimum absolute atomic E-state index is 0.281. The Labute approximate surface area is 129 Å². The molecule has 106 valence electrons. The van der Waals surface area contributed by atoms with Gasteiger partial charge in [-0.05, 0) is 47.9 Å². The lowest BCUT2D eigenvalue weighted by atomic mass is 9.99. The number of rotatable bonds is 4. The van der Waals surface area contributed by atoms with Crippen LogP contribution in [0.3, 0.4) is 0 Å². The van der Waals surface area contributed by atoms with Crippen molar-refractivity contribution < 1.29 is 8.78 Å². The smallest absolute Gasteiger partial charge is 0.124 e. The summed E-state index contributed by atoms with van der Waals surface area (Å²) in [6.07, 6.45) is 0.429. The number of hydrogen-bond donors (Lipinski definition) is 2. The van der Waals surface area contributed by atoms with Gasteiger partial charge in [0.2, 0.25) is 0 Å². The normalized spacial score (nSPS) is 12.4. The van der Waals surface area contributed by atoms with Crippen LogP contribution in [0.5, 0.6) is 0 Å². The highest BCUT2D eigenvalue weighted by atomic mass is 79.9. The molecule has 0 saturated heterocycles. The van der Waals surface area contributed by atoms with Crippen molar-refractivity contribution in [2.75, 3.05) is 0 Å². The summed E-state index contributed by atoms with van der Waals surface area (Å²) < 4.78 is 27.1. The van der Waals surface area contributed by atoms with Crippen LogP contribution in [0.4, 0.5) is 8.78 Å². The zero-order valence-corrected chi connectivity index (χ0v) is 12.7. The maximum Gasteiger partial charge on any atom is 0.124 e. The standard InChI is InChI=1S/C14H12BrClF2N2/c15-9-3-8(4-11(18)6-9)5-14(20-19)12-2-1-10(17)7-13(12)16/h1-4,6-7,14,20H,5,19H2. The van der Waals surface area contributed by atoms with E-state index < -0.39 is 5.82 Å². The molecule has 2 nitrogen and oxygen atoms in total. The molecule has 3 N–H and O–H groups in total. The van der Waals surface area contributed by atoms with Crippen LogP contribution in [0.1, 0.15) is 17.2 Å². The van der Waals surface area contributed by atoms with Gasteiger partial charge in [-0.2, -0.15) is 0 Å². The third kappa shape index (κ3) is 3.76. The monoisotopic (exact) mass is 360 g/mol. The molecular formula is C14H12BrClF2N2. The van der Waals surface area contributed by atoms with Crippen molar-refractivity contribution in [2.45, 2.75) is 12.5 Å². The van der Waals surface area contributed by atoms with Gasteiger partial charge in [-0.1, -0.05) is 33.6 Å². The Morgan fingerprint density at radius 3 is 2.50 bits per heavy atom. The molecule has 0 saturated carbocycles. The molecule has 2 aromatic carbocycles. The van der Waals surface area contributed by atoms with E-state index in [-0.39, 0.29) is 16.9 Å². The summed E-state index contributed by atoms with van der Waals surface area (Å²) in [5.74, 6) is 4.78. The van der Waals surface area contributed by atoms with E-state index in [1.165, 1.54) is 24.3 Å². The molecule has 1 atom stereocenters. The van der Waals surface area contributed by atoms with Crippen molar-refractivity contribution in [1.29, 1.82) is 0 Å². The first kappa shape index (κ1) is 15.4. The van der Waals surface area contributed by atoms with Crippen LogP contribution in [0.25, 0.3) is 0 Å². The van der Waals surface area contributed by atoms with Gasteiger partial charge in [-0.25, -0.2) is 8.78 Å². The molecule has 0 aliphatic carbocycles. The van der Waals surface area contributed by atoms with Crippen LogP contribution in [0.2, 0.25) is 5.02 Å². The van der Waals surface area contributed by atoms with E-state index in [1.807, 2.05) is 0 Å². The highest BCUT2D eigenvalue weighted by Gasteiger charge is 2.15. The van der Waals surface area contributed by atoms with Gasteiger partial charge in [0.25, 0.3) is 0 Å². The first-order chi connectivity index (χ1) is 9.49. The van der Waals surface area contributed by atoms with Crippen molar-refractivity contribution in [1.82, 2.24) is 5.43 Å². The first-order valence-corrected chi connectivity index (χ1v) is 7.02. The molecule has 2 aromatic rings. The molecule has 0 radical (unpaired) electrons. The van der Waals surface area contributed by atoms with Gasteiger partial charge >= 0.3 is 0 Å². The second kappa shape index (κ2) is 6.63. The predicted molar refractivity (Wildman–Crippen MR) is 79.3 cm³/mol. The van der Waals surface area contributed by atoms with Crippen LogP contribution in [-0.4, -0.2) is 0 Å². The first-order valence-electron chi connectivity index (χ1n) is 5.85. The molecule has 1 unspecified atom stereocenters. The number of halogens is 4. The van der Waals surface area contributed by atoms with Crippen molar-refractivity contribution in [3.63, 3.8) is 0 Å². The maximum absolute atomic E-state index is 13.4. The van der Waals surface area contributed by atoms with Gasteiger partial charge < -0.3 is 0 Å². The fourth-order valence-electron chi connectivity index (χ4n) is 2.01. The van der Waals surface area contributed by atoms with Crippen LogP contribution in [0.15, 0.2) is 40.9 Å². The van der Waals surface area contributed by atoms with E-state index in [9.17, 15) is 8.78 Å². The Kier molecular flexibility index (Phi) is 5.10. The van der Waals surface area contributed by atoms with Gasteiger partial charge in [0.1, 0.15) is 11.6 Å². The minimum Gasteiger partial charge on any atom is -0.271 e. The van der Waals surface area contributed by atoms with Gasteiger partial charge in [-0.15, -0.1) is 0 Å². The lowest BCUT2D eigenvalue weighted by Crippen LogP contribution is -2.29. The fraction of sp³-hybridized carbons (Fsp3) is 0.143. The lowest BCUT2D eigenvalue weighted by Gasteiger charge is -2.18. The molecule has 0 aliphatic rings. The summed E-state index contributed by atoms with van der Waals surface area (Å²) in [5.41, 5.74) is 4.03. The number of hydrogen-bond acceptors (Lipinski definition) is 2. The Bertz CT molecular complexity index is 602. The summed E-state index contributed by atoms with van der Waals surface area (Å²) in [6, 6.07) is 8.36. The molecule has 0 heterocycles. The second-order valence-electron chi connectivity index (χ2n) is 4.37. The zero-order chi connectivity index (χ0) is 14.7. The van der Waals surface area contributed by atoms with E-state index in [0.717, 1.165) is 5.56 Å². The lowest BCUT2D eigenvalue weighted by molar-refractivity contribution is 0.546. The van der Waals surface area contributed by atoms with Crippen molar-refractivity contribution in [2.24, 2.45) is 5.84 Å². The van der Waals surface area contributed by atoms with Crippen molar-refractivity contribution >= 4 is 27.5 Å². The van der Waals surface area contributed by atoms with Crippen molar-refractivity contribution in [3.05, 3.63) is 68.7 Å². The Morgan fingerprint density at radius 2 is 1.90 bits per heavy atom. The quantitative estimate of drug-likeness (QED) is 0.635. The molecule has 2 rings (SSSR count). The number of nitrogens with two attached hydrogens (primary N) is 1. The molecular weight excluding hydrogens is 350 g/mol. The molecule has 0 aliphatic heterocycles. The van der Waals surface area contributed by atoms with Gasteiger partial charge in [0.05, 0.1) is 6.04 Å². The summed E-state index contributed by atoms with van der Waals surface area (Å²) >= 11 is 9.25. The average molecular weight is 362 g/mol. The molecule has 0 aromatic heterocycles. The SMILES string of the molecule is NNC(Cc1cc(F)cc(Br)c1)c1ccc(F)cc1Cl. The van der Waals surface area contributed by atoms with Crippen LogP contribution < -0.4 is 11.3 Å². The average Bonchev–Trinajstić information content (AvgIpc) is 2.35. The van der Waals surface area contributed by atoms with Gasteiger partial charge in [0, 0.05) is 9.50 Å². The number of benzene rings is 2. The molecule has 0 bridgehead atoms. The van der Waals surface area contributed by atoms with Gasteiger partial charge in [0.15, 0.2) is 0 Å². The largest absolute Gasteiger partial charge is 0.271 e. The van der Waals surface area contributed by atoms with Gasteiger partial charge in [-0.3, -0.25) is 11.3 Å². The number of nitrogens with one attached hydrogen (secondary N) is 1.